The maximum atomic E-state index is 10.3. The van der Waals surface area contributed by atoms with E-state index in [0.717, 1.165) is 25.6 Å². The van der Waals surface area contributed by atoms with Gasteiger partial charge in [0.25, 0.3) is 0 Å². The second-order valence-corrected chi connectivity index (χ2v) is 9.74. The summed E-state index contributed by atoms with van der Waals surface area (Å²) < 4.78 is 5.81. The number of nitrogens with zero attached hydrogens (tertiary/aromatic N) is 8. The van der Waals surface area contributed by atoms with E-state index in [4.69, 9.17) is 23.2 Å². The number of aldehydes is 1. The van der Waals surface area contributed by atoms with Gasteiger partial charge in [-0.15, -0.1) is 0 Å². The highest BCUT2D eigenvalue weighted by molar-refractivity contribution is 14.1. The zero-order chi connectivity index (χ0) is 26.0. The van der Waals surface area contributed by atoms with Crippen molar-refractivity contribution in [3.05, 3.63) is 77.2 Å². The first-order valence-electron chi connectivity index (χ1n) is 9.87. The van der Waals surface area contributed by atoms with E-state index in [1.165, 1.54) is 18.9 Å². The molecule has 4 aromatic rings. The molecule has 0 amide bonds. The van der Waals surface area contributed by atoms with Crippen molar-refractivity contribution in [2.24, 2.45) is 0 Å². The van der Waals surface area contributed by atoms with Crippen LogP contribution in [0, 0.1) is 3.57 Å². The molecule has 1 atom stereocenters. The summed E-state index contributed by atoms with van der Waals surface area (Å²) in [7, 11) is 0. The molecule has 0 aliphatic heterocycles. The molecule has 0 aliphatic rings. The molecule has 0 radical (unpaired) electrons. The van der Waals surface area contributed by atoms with Gasteiger partial charge in [-0.1, -0.05) is 23.2 Å². The Hall–Kier alpha value is -1.52. The van der Waals surface area contributed by atoms with Crippen molar-refractivity contribution in [3.63, 3.8) is 0 Å². The molecular formula is C20H19Br2Cl2IN8O2. The molecule has 0 saturated carbocycles. The molecule has 35 heavy (non-hydrogen) atoms. The summed E-state index contributed by atoms with van der Waals surface area (Å²) in [5.74, 6) is 0. The van der Waals surface area contributed by atoms with Crippen molar-refractivity contribution in [1.82, 2.24) is 39.5 Å². The molecular weight excluding hydrogens is 742 g/mol. The highest BCUT2D eigenvalue weighted by Gasteiger charge is 2.20. The molecule has 0 spiro atoms. The number of hydrogen-bond acceptors (Lipinski definition) is 8. The average Bonchev–Trinajstić information content (AvgIpc) is 3.42. The lowest BCUT2D eigenvalue weighted by molar-refractivity contribution is 0.112. The molecule has 0 aromatic carbocycles. The van der Waals surface area contributed by atoms with Crippen LogP contribution in [-0.2, 0) is 13.1 Å². The number of aryl methyl sites for hydroxylation is 2. The van der Waals surface area contributed by atoms with Crippen LogP contribution in [0.2, 0.25) is 10.3 Å². The lowest BCUT2D eigenvalue weighted by Crippen LogP contribution is -2.03. The van der Waals surface area contributed by atoms with E-state index < -0.39 is 6.10 Å². The highest BCUT2D eigenvalue weighted by Crippen LogP contribution is 2.30. The molecule has 0 bridgehead atoms. The van der Waals surface area contributed by atoms with Gasteiger partial charge in [0.15, 0.2) is 6.29 Å². The summed E-state index contributed by atoms with van der Waals surface area (Å²) in [6.07, 6.45) is 8.95. The van der Waals surface area contributed by atoms with Crippen LogP contribution in [0.3, 0.4) is 0 Å². The first kappa shape index (κ1) is 29.7. The largest absolute Gasteiger partial charge is 0.383 e. The predicted molar refractivity (Wildman–Crippen MR) is 147 cm³/mol. The normalized spacial score (nSPS) is 11.1. The van der Waals surface area contributed by atoms with Crippen molar-refractivity contribution in [2.75, 3.05) is 0 Å². The fourth-order valence-corrected chi connectivity index (χ4v) is 4.24. The van der Waals surface area contributed by atoms with Gasteiger partial charge in [0.1, 0.15) is 38.3 Å². The highest BCUT2D eigenvalue weighted by atomic mass is 127. The fraction of sp³-hybridized carbons (Fsp3) is 0.250. The zero-order valence-electron chi connectivity index (χ0n) is 18.4. The number of carbonyl (C=O) groups excluding carboxylic acids is 1. The van der Waals surface area contributed by atoms with Gasteiger partial charge in [-0.3, -0.25) is 14.2 Å². The Labute approximate surface area is 241 Å². The second kappa shape index (κ2) is 14.9. The molecule has 0 saturated heterocycles. The van der Waals surface area contributed by atoms with Crippen molar-refractivity contribution in [1.29, 1.82) is 0 Å². The third kappa shape index (κ3) is 8.25. The third-order valence-corrected chi connectivity index (χ3v) is 7.69. The number of aromatic nitrogens is 8. The van der Waals surface area contributed by atoms with Crippen LogP contribution in [0.25, 0.3) is 0 Å². The van der Waals surface area contributed by atoms with E-state index >= 15 is 0 Å². The molecule has 10 nitrogen and oxygen atoms in total. The van der Waals surface area contributed by atoms with Crippen molar-refractivity contribution in [2.45, 2.75) is 33.0 Å². The predicted octanol–water partition coefficient (Wildman–Crippen LogP) is 5.40. The smallest absolute Gasteiger partial charge is 0.154 e. The summed E-state index contributed by atoms with van der Waals surface area (Å²) in [6, 6.07) is 0. The lowest BCUT2D eigenvalue weighted by Gasteiger charge is -2.10. The minimum atomic E-state index is -0.890. The van der Waals surface area contributed by atoms with Crippen LogP contribution in [0.4, 0.5) is 0 Å². The average molecular weight is 761 g/mol. The number of aliphatic hydroxyl groups is 1. The van der Waals surface area contributed by atoms with E-state index in [-0.39, 0.29) is 5.15 Å². The van der Waals surface area contributed by atoms with Crippen LogP contribution in [-0.4, -0.2) is 50.9 Å². The van der Waals surface area contributed by atoms with Crippen LogP contribution in [0.1, 0.15) is 41.4 Å². The number of aliphatic hydroxyl groups excluding tert-OH is 1. The van der Waals surface area contributed by atoms with Crippen LogP contribution >= 0.6 is 77.7 Å². The minimum absolute atomic E-state index is 0.239. The van der Waals surface area contributed by atoms with Crippen LogP contribution < -0.4 is 0 Å². The van der Waals surface area contributed by atoms with Crippen molar-refractivity contribution >= 4 is 83.9 Å². The van der Waals surface area contributed by atoms with E-state index in [2.05, 4.69) is 84.6 Å². The lowest BCUT2D eigenvalue weighted by atomic mass is 10.1. The van der Waals surface area contributed by atoms with Gasteiger partial charge in [-0.05, 0) is 68.3 Å². The van der Waals surface area contributed by atoms with E-state index in [0.29, 0.717) is 28.4 Å². The van der Waals surface area contributed by atoms with Gasteiger partial charge in [-0.25, -0.2) is 19.9 Å². The summed E-state index contributed by atoms with van der Waals surface area (Å²) in [4.78, 5) is 25.4. The van der Waals surface area contributed by atoms with Crippen LogP contribution in [0.15, 0.2) is 46.6 Å². The zero-order valence-corrected chi connectivity index (χ0v) is 25.2. The third-order valence-electron chi connectivity index (χ3n) is 4.23. The van der Waals surface area contributed by atoms with Gasteiger partial charge in [0.2, 0.25) is 0 Å². The van der Waals surface area contributed by atoms with Gasteiger partial charge >= 0.3 is 0 Å². The first-order valence-corrected chi connectivity index (χ1v) is 13.3. The Kier molecular flexibility index (Phi) is 12.6. The molecule has 4 aromatic heterocycles. The van der Waals surface area contributed by atoms with E-state index in [1.54, 1.807) is 28.0 Å². The standard InChI is InChI=1S/C10H10BrClN4O.C6H7BrN2O.C4H2ClIN2/c1-2-16-9(11)6(4-15-16)8(17)7-3-13-5-14-10(7)12;1-2-9-6(7)5(4-10)3-8-9;5-4-3(6)1-7-2-8-4/h3-5,8,17H,2H2,1H3;3-4H,2H2,1H3;1-2H. The molecule has 186 valence electrons. The molecule has 15 heteroatoms. The van der Waals surface area contributed by atoms with Crippen molar-refractivity contribution in [3.8, 4) is 0 Å². The Balaban J connectivity index is 0.000000204. The van der Waals surface area contributed by atoms with Gasteiger partial charge in [-0.2, -0.15) is 10.2 Å². The first-order chi connectivity index (χ1) is 16.7. The number of carbonyl (C=O) groups is 1. The van der Waals surface area contributed by atoms with Gasteiger partial charge in [0, 0.05) is 36.6 Å². The summed E-state index contributed by atoms with van der Waals surface area (Å²) >= 11 is 20.2. The van der Waals surface area contributed by atoms with E-state index in [1.807, 2.05) is 13.8 Å². The Bertz CT molecular complexity index is 1240. The monoisotopic (exact) mass is 758 g/mol. The number of halogens is 5. The molecule has 0 fully saturated rings. The number of hydrogen-bond donors (Lipinski definition) is 1. The summed E-state index contributed by atoms with van der Waals surface area (Å²) in [5, 5.41) is 19.0. The quantitative estimate of drug-likeness (QED) is 0.163. The summed E-state index contributed by atoms with van der Waals surface area (Å²) in [5.41, 5.74) is 1.70. The summed E-state index contributed by atoms with van der Waals surface area (Å²) in [6.45, 7) is 5.42. The van der Waals surface area contributed by atoms with Gasteiger partial charge in [0.05, 0.1) is 21.5 Å². The van der Waals surface area contributed by atoms with Gasteiger partial charge < -0.3 is 5.11 Å². The maximum absolute atomic E-state index is 10.3. The Morgan fingerprint density at radius 3 is 1.94 bits per heavy atom. The SMILES string of the molecule is CCn1ncc(C(O)c2cncnc2Cl)c1Br.CCn1ncc(C=O)c1Br.Clc1ncncc1I. The minimum Gasteiger partial charge on any atom is -0.383 e. The second-order valence-electron chi connectivity index (χ2n) is 6.36. The van der Waals surface area contributed by atoms with E-state index in [9.17, 15) is 9.90 Å². The Morgan fingerprint density at radius 2 is 1.51 bits per heavy atom. The molecule has 4 rings (SSSR count). The molecule has 4 heterocycles. The topological polar surface area (TPSA) is 124 Å². The van der Waals surface area contributed by atoms with Crippen molar-refractivity contribution < 1.29 is 9.90 Å². The molecule has 1 unspecified atom stereocenters. The molecule has 1 N–H and O–H groups in total. The van der Waals surface area contributed by atoms with Crippen LogP contribution in [0.5, 0.6) is 0 Å². The fourth-order valence-electron chi connectivity index (χ4n) is 2.45. The number of rotatable bonds is 5. The maximum Gasteiger partial charge on any atom is 0.154 e. The molecule has 0 aliphatic carbocycles. The Morgan fingerprint density at radius 1 is 0.943 bits per heavy atom.